The van der Waals surface area contributed by atoms with Crippen LogP contribution in [-0.2, 0) is 16.0 Å². The van der Waals surface area contributed by atoms with Crippen LogP contribution in [0.15, 0.2) is 12.1 Å². The lowest BCUT2D eigenvalue weighted by atomic mass is 9.82. The SMILES string of the molecule is CC(=O)NC(C)C(=O)N1C2CC[C@H]1CC([C@H](N)Cc1cc(F)c(F)cc1F)C2. The molecule has 5 nitrogen and oxygen atoms in total. The van der Waals surface area contributed by atoms with Crippen molar-refractivity contribution in [1.29, 1.82) is 0 Å². The fourth-order valence-electron chi connectivity index (χ4n) is 4.66. The third kappa shape index (κ3) is 4.16. The number of carbonyl (C=O) groups is 2. The number of hydrogen-bond donors (Lipinski definition) is 2. The smallest absolute Gasteiger partial charge is 0.245 e. The molecule has 2 fully saturated rings. The number of carbonyl (C=O) groups excluding carboxylic acids is 2. The van der Waals surface area contributed by atoms with Gasteiger partial charge in [-0.1, -0.05) is 0 Å². The molecular weight excluding hydrogens is 371 g/mol. The van der Waals surface area contributed by atoms with E-state index in [1.54, 1.807) is 6.92 Å². The van der Waals surface area contributed by atoms with Crippen molar-refractivity contribution in [2.45, 2.75) is 70.1 Å². The molecule has 0 spiro atoms. The van der Waals surface area contributed by atoms with Gasteiger partial charge in [0.25, 0.3) is 0 Å². The van der Waals surface area contributed by atoms with E-state index in [9.17, 15) is 22.8 Å². The zero-order chi connectivity index (χ0) is 20.6. The summed E-state index contributed by atoms with van der Waals surface area (Å²) in [4.78, 5) is 25.8. The van der Waals surface area contributed by atoms with E-state index in [1.165, 1.54) is 6.92 Å². The Kier molecular flexibility index (Phi) is 5.98. The standard InChI is InChI=1S/C20H26F3N3O2/c1-10(25-11(2)27)20(28)26-14-3-4-15(26)6-13(5-14)19(24)8-12-7-17(22)18(23)9-16(12)21/h7,9-10,13-15,19H,3-6,8,24H2,1-2H3,(H,25,27)/t10?,13?,14-,15?,19+/m0/s1. The highest BCUT2D eigenvalue weighted by molar-refractivity contribution is 5.87. The summed E-state index contributed by atoms with van der Waals surface area (Å²) in [6.07, 6.45) is 3.21. The van der Waals surface area contributed by atoms with Crippen molar-refractivity contribution in [2.75, 3.05) is 0 Å². The maximum Gasteiger partial charge on any atom is 0.245 e. The number of hydrogen-bond acceptors (Lipinski definition) is 3. The van der Waals surface area contributed by atoms with Gasteiger partial charge in [0.05, 0.1) is 0 Å². The van der Waals surface area contributed by atoms with Gasteiger partial charge in [0.15, 0.2) is 11.6 Å². The molecule has 2 amide bonds. The maximum atomic E-state index is 13.9. The number of nitrogens with zero attached hydrogens (tertiary/aromatic N) is 1. The lowest BCUT2D eigenvalue weighted by Crippen LogP contribution is -2.55. The molecular formula is C20H26F3N3O2. The second kappa shape index (κ2) is 8.11. The minimum absolute atomic E-state index is 0.0355. The monoisotopic (exact) mass is 397 g/mol. The van der Waals surface area contributed by atoms with Crippen LogP contribution in [0.2, 0.25) is 0 Å². The van der Waals surface area contributed by atoms with Crippen LogP contribution in [0.5, 0.6) is 0 Å². The summed E-state index contributed by atoms with van der Waals surface area (Å²) >= 11 is 0. The summed E-state index contributed by atoms with van der Waals surface area (Å²) < 4.78 is 40.5. The van der Waals surface area contributed by atoms with E-state index in [1.807, 2.05) is 4.90 Å². The first-order chi connectivity index (χ1) is 13.2. The van der Waals surface area contributed by atoms with Gasteiger partial charge in [-0.15, -0.1) is 0 Å². The Labute approximate surface area is 162 Å². The Bertz CT molecular complexity index is 759. The highest BCUT2D eigenvalue weighted by Crippen LogP contribution is 2.40. The van der Waals surface area contributed by atoms with E-state index in [0.717, 1.165) is 18.9 Å². The summed E-state index contributed by atoms with van der Waals surface area (Å²) in [7, 11) is 0. The van der Waals surface area contributed by atoms with Crippen molar-refractivity contribution in [3.05, 3.63) is 35.1 Å². The molecule has 2 heterocycles. The third-order valence-electron chi connectivity index (χ3n) is 5.96. The molecule has 2 aliphatic rings. The molecule has 3 rings (SSSR count). The largest absolute Gasteiger partial charge is 0.345 e. The number of rotatable bonds is 5. The molecule has 2 saturated heterocycles. The van der Waals surface area contributed by atoms with Crippen LogP contribution in [0.3, 0.4) is 0 Å². The van der Waals surface area contributed by atoms with Gasteiger partial charge in [-0.3, -0.25) is 9.59 Å². The van der Waals surface area contributed by atoms with Crippen molar-refractivity contribution in [3.63, 3.8) is 0 Å². The molecule has 8 heteroatoms. The summed E-state index contributed by atoms with van der Waals surface area (Å²) in [5, 5.41) is 2.63. The van der Waals surface area contributed by atoms with E-state index in [-0.39, 0.29) is 41.8 Å². The number of benzene rings is 1. The Balaban J connectivity index is 1.66. The minimum Gasteiger partial charge on any atom is -0.345 e. The van der Waals surface area contributed by atoms with E-state index in [0.29, 0.717) is 18.9 Å². The first kappa shape index (κ1) is 20.6. The minimum atomic E-state index is -1.21. The zero-order valence-electron chi connectivity index (χ0n) is 16.1. The van der Waals surface area contributed by atoms with Crippen molar-refractivity contribution in [1.82, 2.24) is 10.2 Å². The fraction of sp³-hybridized carbons (Fsp3) is 0.600. The molecule has 3 unspecified atom stereocenters. The normalized spacial score (nSPS) is 26.1. The Morgan fingerprint density at radius 1 is 1.14 bits per heavy atom. The molecule has 1 aromatic rings. The molecule has 28 heavy (non-hydrogen) atoms. The first-order valence-electron chi connectivity index (χ1n) is 9.65. The fourth-order valence-corrected chi connectivity index (χ4v) is 4.66. The third-order valence-corrected chi connectivity index (χ3v) is 5.96. The van der Waals surface area contributed by atoms with E-state index in [2.05, 4.69) is 5.32 Å². The molecule has 5 atom stereocenters. The van der Waals surface area contributed by atoms with E-state index < -0.39 is 29.5 Å². The predicted molar refractivity (Wildman–Crippen MR) is 97.7 cm³/mol. The molecule has 0 aromatic heterocycles. The van der Waals surface area contributed by atoms with Crippen LogP contribution in [0.25, 0.3) is 0 Å². The summed E-state index contributed by atoms with van der Waals surface area (Å²) in [6, 6.07) is 0.495. The average molecular weight is 397 g/mol. The van der Waals surface area contributed by atoms with Gasteiger partial charge in [0.1, 0.15) is 11.9 Å². The Hall–Kier alpha value is -2.09. The van der Waals surface area contributed by atoms with Gasteiger partial charge in [-0.25, -0.2) is 13.2 Å². The predicted octanol–water partition coefficient (Wildman–Crippen LogP) is 2.27. The number of nitrogens with two attached hydrogens (primary N) is 1. The molecule has 0 saturated carbocycles. The Morgan fingerprint density at radius 2 is 1.71 bits per heavy atom. The molecule has 0 aliphatic carbocycles. The van der Waals surface area contributed by atoms with Crippen LogP contribution in [0.1, 0.15) is 45.1 Å². The van der Waals surface area contributed by atoms with Crippen LogP contribution in [0.4, 0.5) is 13.2 Å². The first-order valence-corrected chi connectivity index (χ1v) is 9.65. The topological polar surface area (TPSA) is 75.4 Å². The lowest BCUT2D eigenvalue weighted by molar-refractivity contribution is -0.140. The van der Waals surface area contributed by atoms with Gasteiger partial charge in [0, 0.05) is 31.1 Å². The van der Waals surface area contributed by atoms with Crippen molar-refractivity contribution in [3.8, 4) is 0 Å². The zero-order valence-corrected chi connectivity index (χ0v) is 16.1. The van der Waals surface area contributed by atoms with Crippen LogP contribution in [-0.4, -0.2) is 40.9 Å². The molecule has 2 aliphatic heterocycles. The van der Waals surface area contributed by atoms with Crippen LogP contribution < -0.4 is 11.1 Å². The number of nitrogens with one attached hydrogen (secondary N) is 1. The molecule has 1 aromatic carbocycles. The lowest BCUT2D eigenvalue weighted by Gasteiger charge is -2.42. The van der Waals surface area contributed by atoms with Crippen molar-refractivity contribution < 1.29 is 22.8 Å². The van der Waals surface area contributed by atoms with Gasteiger partial charge in [-0.05, 0) is 56.6 Å². The Morgan fingerprint density at radius 3 is 2.29 bits per heavy atom. The van der Waals surface area contributed by atoms with Gasteiger partial charge in [-0.2, -0.15) is 0 Å². The number of fused-ring (bicyclic) bond motifs is 2. The number of halogens is 3. The number of amides is 2. The van der Waals surface area contributed by atoms with Crippen LogP contribution in [0, 0.1) is 23.4 Å². The summed E-state index contributed by atoms with van der Waals surface area (Å²) in [6.45, 7) is 3.05. The maximum absolute atomic E-state index is 13.9. The van der Waals surface area contributed by atoms with Gasteiger partial charge >= 0.3 is 0 Å². The van der Waals surface area contributed by atoms with Gasteiger partial charge < -0.3 is 16.0 Å². The summed E-state index contributed by atoms with van der Waals surface area (Å²) in [5.41, 5.74) is 6.36. The van der Waals surface area contributed by atoms with E-state index in [4.69, 9.17) is 5.73 Å². The molecule has 3 N–H and O–H groups in total. The second-order valence-corrected chi connectivity index (χ2v) is 8.01. The highest BCUT2D eigenvalue weighted by atomic mass is 19.2. The van der Waals surface area contributed by atoms with Gasteiger partial charge in [0.2, 0.25) is 11.8 Å². The number of piperidine rings is 1. The quantitative estimate of drug-likeness (QED) is 0.749. The van der Waals surface area contributed by atoms with Crippen molar-refractivity contribution >= 4 is 11.8 Å². The summed E-state index contributed by atoms with van der Waals surface area (Å²) in [5.74, 6) is -3.39. The van der Waals surface area contributed by atoms with E-state index >= 15 is 0 Å². The molecule has 2 bridgehead atoms. The molecule has 154 valence electrons. The van der Waals surface area contributed by atoms with Crippen LogP contribution >= 0.6 is 0 Å². The molecule has 0 radical (unpaired) electrons. The van der Waals surface area contributed by atoms with Crippen molar-refractivity contribution in [2.24, 2.45) is 11.7 Å². The highest BCUT2D eigenvalue weighted by Gasteiger charge is 2.45. The second-order valence-electron chi connectivity index (χ2n) is 8.01. The average Bonchev–Trinajstić information content (AvgIpc) is 2.87.